The molecule has 4 aromatic rings. The molecule has 5 rings (SSSR count). The number of benzene rings is 1. The van der Waals surface area contributed by atoms with Gasteiger partial charge >= 0.3 is 0 Å². The highest BCUT2D eigenvalue weighted by molar-refractivity contribution is 7.10. The van der Waals surface area contributed by atoms with Crippen LogP contribution in [0.3, 0.4) is 0 Å². The summed E-state index contributed by atoms with van der Waals surface area (Å²) in [6.45, 7) is 6.09. The molecule has 1 aromatic carbocycles. The molecule has 236 valence electrons. The SMILES string of the molecule is Cc1ccn(CC(=O)N2CCCNC(=O)c3csc(n3)[C@H](C(C)C)NC(=O)c3csc(n3)[C@H](Cc3ccccc3)NC(=O)C2)n1. The Morgan fingerprint density at radius 1 is 0.978 bits per heavy atom. The number of aryl methyl sites for hydroxylation is 1. The number of carbonyl (C=O) groups is 4. The lowest BCUT2D eigenvalue weighted by Crippen LogP contribution is -2.44. The summed E-state index contributed by atoms with van der Waals surface area (Å²) in [6, 6.07) is 10.6. The largest absolute Gasteiger partial charge is 0.351 e. The van der Waals surface area contributed by atoms with Crippen molar-refractivity contribution >= 4 is 46.3 Å². The van der Waals surface area contributed by atoms with Gasteiger partial charge in [-0.3, -0.25) is 23.9 Å². The third-order valence-corrected chi connectivity index (χ3v) is 9.18. The van der Waals surface area contributed by atoms with E-state index in [0.717, 1.165) is 11.3 Å². The molecular formula is C31H36N8O4S2. The molecule has 0 unspecified atom stereocenters. The van der Waals surface area contributed by atoms with Gasteiger partial charge in [0.25, 0.3) is 11.8 Å². The highest BCUT2D eigenvalue weighted by atomic mass is 32.1. The number of hydrogen-bond acceptors (Lipinski definition) is 9. The number of fused-ring (bicyclic) bond motifs is 4. The van der Waals surface area contributed by atoms with Gasteiger partial charge in [0.15, 0.2) is 0 Å². The van der Waals surface area contributed by atoms with Crippen molar-refractivity contribution in [1.29, 1.82) is 0 Å². The van der Waals surface area contributed by atoms with Gasteiger partial charge in [-0.05, 0) is 37.3 Å². The number of nitrogens with zero attached hydrogens (tertiary/aromatic N) is 5. The Labute approximate surface area is 269 Å². The molecule has 0 saturated carbocycles. The van der Waals surface area contributed by atoms with Gasteiger partial charge in [0, 0.05) is 30.0 Å². The molecule has 0 fully saturated rings. The summed E-state index contributed by atoms with van der Waals surface area (Å²) < 4.78 is 1.54. The van der Waals surface area contributed by atoms with E-state index in [4.69, 9.17) is 0 Å². The second-order valence-corrected chi connectivity index (χ2v) is 13.0. The first-order chi connectivity index (χ1) is 21.7. The zero-order valence-corrected chi connectivity index (χ0v) is 27.0. The van der Waals surface area contributed by atoms with E-state index < -0.39 is 12.1 Å². The molecule has 0 radical (unpaired) electrons. The van der Waals surface area contributed by atoms with Crippen LogP contribution in [0.4, 0.5) is 0 Å². The van der Waals surface area contributed by atoms with Crippen molar-refractivity contribution in [3.8, 4) is 0 Å². The molecule has 4 bridgehead atoms. The molecule has 3 aromatic heterocycles. The molecule has 2 atom stereocenters. The Balaban J connectivity index is 1.44. The summed E-state index contributed by atoms with van der Waals surface area (Å²) in [5, 5.41) is 17.8. The first-order valence-electron chi connectivity index (χ1n) is 14.8. The minimum Gasteiger partial charge on any atom is -0.351 e. The Hall–Kier alpha value is -4.43. The van der Waals surface area contributed by atoms with Crippen LogP contribution in [0, 0.1) is 12.8 Å². The van der Waals surface area contributed by atoms with Crippen molar-refractivity contribution in [3.63, 3.8) is 0 Å². The molecule has 3 N–H and O–H groups in total. The summed E-state index contributed by atoms with van der Waals surface area (Å²) in [4.78, 5) is 63.8. The van der Waals surface area contributed by atoms with Crippen molar-refractivity contribution in [2.24, 2.45) is 5.92 Å². The number of carbonyl (C=O) groups excluding carboxylic acids is 4. The van der Waals surface area contributed by atoms with Gasteiger partial charge in [-0.15, -0.1) is 22.7 Å². The predicted octanol–water partition coefficient (Wildman–Crippen LogP) is 3.29. The topological polar surface area (TPSA) is 151 Å². The lowest BCUT2D eigenvalue weighted by Gasteiger charge is -2.24. The molecular weight excluding hydrogens is 613 g/mol. The van der Waals surface area contributed by atoms with E-state index in [-0.39, 0.29) is 67.1 Å². The number of aromatic nitrogens is 4. The average molecular weight is 649 g/mol. The van der Waals surface area contributed by atoms with Crippen LogP contribution in [0.1, 0.15) is 74.6 Å². The maximum Gasteiger partial charge on any atom is 0.271 e. The van der Waals surface area contributed by atoms with Crippen LogP contribution < -0.4 is 16.0 Å². The van der Waals surface area contributed by atoms with Crippen LogP contribution >= 0.6 is 22.7 Å². The number of thiazole rings is 2. The Bertz CT molecular complexity index is 1650. The van der Waals surface area contributed by atoms with Gasteiger partial charge in [-0.2, -0.15) is 5.10 Å². The second-order valence-electron chi connectivity index (χ2n) is 11.2. The van der Waals surface area contributed by atoms with Crippen LogP contribution in [0.25, 0.3) is 0 Å². The molecule has 0 aliphatic carbocycles. The van der Waals surface area contributed by atoms with Gasteiger partial charge < -0.3 is 20.9 Å². The molecule has 4 heterocycles. The van der Waals surface area contributed by atoms with Gasteiger partial charge in [0.2, 0.25) is 11.8 Å². The monoisotopic (exact) mass is 648 g/mol. The fraction of sp³-hybridized carbons (Fsp3) is 0.387. The van der Waals surface area contributed by atoms with Gasteiger partial charge in [0.05, 0.1) is 24.3 Å². The van der Waals surface area contributed by atoms with Crippen molar-refractivity contribution in [3.05, 3.63) is 86.0 Å². The van der Waals surface area contributed by atoms with E-state index in [0.29, 0.717) is 22.9 Å². The summed E-state index contributed by atoms with van der Waals surface area (Å²) in [7, 11) is 0. The number of hydrogen-bond donors (Lipinski definition) is 3. The normalized spacial score (nSPS) is 18.4. The van der Waals surface area contributed by atoms with E-state index >= 15 is 0 Å². The molecule has 14 heteroatoms. The number of rotatable bonds is 5. The van der Waals surface area contributed by atoms with Gasteiger partial charge in [-0.1, -0.05) is 44.2 Å². The zero-order chi connectivity index (χ0) is 31.9. The molecule has 12 nitrogen and oxygen atoms in total. The fourth-order valence-corrected chi connectivity index (χ4v) is 6.79. The van der Waals surface area contributed by atoms with Crippen molar-refractivity contribution in [2.75, 3.05) is 19.6 Å². The smallest absolute Gasteiger partial charge is 0.271 e. The Morgan fingerprint density at radius 2 is 1.69 bits per heavy atom. The first-order valence-corrected chi connectivity index (χ1v) is 16.5. The van der Waals surface area contributed by atoms with Crippen LogP contribution in [0.15, 0.2) is 53.4 Å². The van der Waals surface area contributed by atoms with Crippen molar-refractivity contribution in [2.45, 2.75) is 52.2 Å². The van der Waals surface area contributed by atoms with Crippen molar-refractivity contribution in [1.82, 2.24) is 40.6 Å². The molecule has 4 amide bonds. The second kappa shape index (κ2) is 14.6. The molecule has 0 saturated heterocycles. The van der Waals surface area contributed by atoms with E-state index in [1.165, 1.54) is 32.3 Å². The minimum atomic E-state index is -0.527. The van der Waals surface area contributed by atoms with Crippen LogP contribution in [0.5, 0.6) is 0 Å². The van der Waals surface area contributed by atoms with Gasteiger partial charge in [-0.25, -0.2) is 9.97 Å². The summed E-state index contributed by atoms with van der Waals surface area (Å²) >= 11 is 2.60. The van der Waals surface area contributed by atoms with Crippen LogP contribution in [-0.2, 0) is 22.6 Å². The van der Waals surface area contributed by atoms with Crippen molar-refractivity contribution < 1.29 is 19.2 Å². The average Bonchev–Trinajstić information content (AvgIpc) is 3.78. The lowest BCUT2D eigenvalue weighted by atomic mass is 10.0. The third-order valence-electron chi connectivity index (χ3n) is 7.29. The fourth-order valence-electron chi connectivity index (χ4n) is 4.92. The number of amides is 4. The van der Waals surface area contributed by atoms with Crippen LogP contribution in [0.2, 0.25) is 0 Å². The van der Waals surface area contributed by atoms with E-state index in [1.54, 1.807) is 23.0 Å². The summed E-state index contributed by atoms with van der Waals surface area (Å²) in [5.41, 5.74) is 2.25. The van der Waals surface area contributed by atoms with E-state index in [2.05, 4.69) is 31.0 Å². The lowest BCUT2D eigenvalue weighted by molar-refractivity contribution is -0.137. The molecule has 45 heavy (non-hydrogen) atoms. The Kier molecular flexibility index (Phi) is 10.4. The maximum absolute atomic E-state index is 13.5. The molecule has 0 spiro atoms. The summed E-state index contributed by atoms with van der Waals surface area (Å²) in [6.07, 6.45) is 2.59. The van der Waals surface area contributed by atoms with Gasteiger partial charge in [0.1, 0.15) is 27.9 Å². The highest BCUT2D eigenvalue weighted by Crippen LogP contribution is 2.27. The minimum absolute atomic E-state index is 0.00233. The first kappa shape index (κ1) is 32.0. The highest BCUT2D eigenvalue weighted by Gasteiger charge is 2.27. The maximum atomic E-state index is 13.5. The third kappa shape index (κ3) is 8.39. The standard InChI is InChI=1S/C31H36N8O4S2/c1-19(2)27-31-35-23(17-45-31)28(42)32-11-7-12-38(26(41)16-39-13-10-20(3)37-39)15-25(40)33-22(14-21-8-5-4-6-9-21)30-34-24(18-44-30)29(43)36-27/h4-6,8-10,13,17-19,22,27H,7,11-12,14-16H2,1-3H3,(H,32,42)(H,33,40)(H,36,43)/t22-,27-/m0/s1. The Morgan fingerprint density at radius 3 is 2.40 bits per heavy atom. The molecule has 1 aliphatic rings. The summed E-state index contributed by atoms with van der Waals surface area (Å²) in [5.74, 6) is -1.35. The predicted molar refractivity (Wildman–Crippen MR) is 171 cm³/mol. The van der Waals surface area contributed by atoms with E-state index in [1.807, 2.05) is 51.1 Å². The zero-order valence-electron chi connectivity index (χ0n) is 25.4. The number of nitrogens with one attached hydrogen (secondary N) is 3. The van der Waals surface area contributed by atoms with Crippen LogP contribution in [-0.4, -0.2) is 67.9 Å². The van der Waals surface area contributed by atoms with E-state index in [9.17, 15) is 19.2 Å². The molecule has 1 aliphatic heterocycles. The quantitative estimate of drug-likeness (QED) is 0.301.